The minimum atomic E-state index is -4.79. The monoisotopic (exact) mass is 324 g/mol. The van der Waals surface area contributed by atoms with Gasteiger partial charge in [-0.1, -0.05) is 32.6 Å². The van der Waals surface area contributed by atoms with Crippen molar-refractivity contribution in [3.8, 4) is 0 Å². The lowest BCUT2D eigenvalue weighted by Crippen LogP contribution is -2.35. The van der Waals surface area contributed by atoms with Crippen molar-refractivity contribution in [2.75, 3.05) is 0 Å². The van der Waals surface area contributed by atoms with Crippen LogP contribution in [0.25, 0.3) is 0 Å². The number of unbranched alkanes of at least 4 members (excludes halogenated alkanes) is 4. The van der Waals surface area contributed by atoms with Crippen molar-refractivity contribution in [2.45, 2.75) is 57.1 Å². The van der Waals surface area contributed by atoms with Crippen LogP contribution in [-0.2, 0) is 28.7 Å². The molecule has 0 rings (SSSR count). The van der Waals surface area contributed by atoms with Crippen LogP contribution in [0.2, 0.25) is 0 Å². The number of hydrogen-bond donors (Lipinski definition) is 2. The lowest BCUT2D eigenvalue weighted by Gasteiger charge is -2.11. The Hall–Kier alpha value is -1.64. The van der Waals surface area contributed by atoms with Gasteiger partial charge in [-0.25, -0.2) is 0 Å². The second kappa shape index (κ2) is 9.32. The van der Waals surface area contributed by atoms with Gasteiger partial charge in [-0.2, -0.15) is 8.42 Å². The van der Waals surface area contributed by atoms with E-state index in [2.05, 4.69) is 4.18 Å². The zero-order valence-corrected chi connectivity index (χ0v) is 12.6. The molecule has 0 aliphatic heterocycles. The first-order valence-electron chi connectivity index (χ1n) is 6.61. The van der Waals surface area contributed by atoms with Gasteiger partial charge in [0.05, 0.1) is 6.42 Å². The van der Waals surface area contributed by atoms with Crippen LogP contribution in [-0.4, -0.2) is 41.8 Å². The number of hydrogen-bond acceptors (Lipinski definition) is 6. The quantitative estimate of drug-likeness (QED) is 0.427. The Kier molecular flexibility index (Phi) is 8.60. The number of carboxylic acids is 2. The average molecular weight is 324 g/mol. The summed E-state index contributed by atoms with van der Waals surface area (Å²) in [5.74, 6) is -4.54. The van der Waals surface area contributed by atoms with Crippen molar-refractivity contribution < 1.29 is 37.2 Å². The van der Waals surface area contributed by atoms with Gasteiger partial charge in [0, 0.05) is 6.42 Å². The molecule has 122 valence electrons. The maximum absolute atomic E-state index is 11.6. The summed E-state index contributed by atoms with van der Waals surface area (Å²) in [5, 5.41) is 14.9. The van der Waals surface area contributed by atoms with Crippen LogP contribution in [0, 0.1) is 0 Å². The Morgan fingerprint density at radius 2 is 1.62 bits per heavy atom. The van der Waals surface area contributed by atoms with Gasteiger partial charge in [0.15, 0.2) is 0 Å². The van der Waals surface area contributed by atoms with Crippen LogP contribution in [0.3, 0.4) is 0 Å². The van der Waals surface area contributed by atoms with Crippen LogP contribution in [0.5, 0.6) is 0 Å². The topological polar surface area (TPSA) is 135 Å². The minimum absolute atomic E-state index is 0.150. The van der Waals surface area contributed by atoms with Crippen LogP contribution in [0.1, 0.15) is 51.9 Å². The van der Waals surface area contributed by atoms with Gasteiger partial charge in [-0.3, -0.25) is 14.4 Å². The van der Waals surface area contributed by atoms with E-state index >= 15 is 0 Å². The minimum Gasteiger partial charge on any atom is -0.481 e. The molecule has 1 atom stereocenters. The molecular weight excluding hydrogens is 304 g/mol. The fourth-order valence-electron chi connectivity index (χ4n) is 1.57. The highest BCUT2D eigenvalue weighted by Gasteiger charge is 2.37. The molecule has 0 spiro atoms. The maximum Gasteiger partial charge on any atom is 0.326 e. The molecule has 0 aromatic rings. The van der Waals surface area contributed by atoms with Gasteiger partial charge in [0.25, 0.3) is 0 Å². The third-order valence-electron chi connectivity index (χ3n) is 2.68. The van der Waals surface area contributed by atoms with E-state index in [0.717, 1.165) is 25.7 Å². The van der Waals surface area contributed by atoms with Gasteiger partial charge in [0.1, 0.15) is 0 Å². The Morgan fingerprint density at radius 1 is 1.05 bits per heavy atom. The van der Waals surface area contributed by atoms with E-state index in [9.17, 15) is 22.8 Å². The SMILES string of the molecule is CCCCCCCC(=O)OS(=O)(=O)C(CC(=O)O)C(=O)O. The second-order valence-corrected chi connectivity index (χ2v) is 6.26. The van der Waals surface area contributed by atoms with Crippen molar-refractivity contribution >= 4 is 28.0 Å². The summed E-state index contributed by atoms with van der Waals surface area (Å²) in [7, 11) is -4.79. The summed E-state index contributed by atoms with van der Waals surface area (Å²) in [6.45, 7) is 2.02. The molecule has 0 aliphatic rings. The average Bonchev–Trinajstić information content (AvgIpc) is 2.34. The molecule has 0 bridgehead atoms. The Labute approximate surface area is 123 Å². The number of aliphatic carboxylic acids is 2. The predicted octanol–water partition coefficient (Wildman–Crippen LogP) is 1.15. The molecule has 0 amide bonds. The fraction of sp³-hybridized carbons (Fsp3) is 0.750. The highest BCUT2D eigenvalue weighted by atomic mass is 32.2. The van der Waals surface area contributed by atoms with Crippen molar-refractivity contribution in [2.24, 2.45) is 0 Å². The lowest BCUT2D eigenvalue weighted by molar-refractivity contribution is -0.143. The molecule has 0 heterocycles. The Balaban J connectivity index is 4.46. The summed E-state index contributed by atoms with van der Waals surface area (Å²) >= 11 is 0. The standard InChI is InChI=1S/C12H20O8S/c1-2-3-4-5-6-7-11(15)20-21(18,19)9(12(16)17)8-10(13)14/h9H,2-8H2,1H3,(H,13,14)(H,16,17). The van der Waals surface area contributed by atoms with Crippen LogP contribution >= 0.6 is 0 Å². The van der Waals surface area contributed by atoms with Gasteiger partial charge in [0.2, 0.25) is 5.25 Å². The van der Waals surface area contributed by atoms with Crippen molar-refractivity contribution in [3.63, 3.8) is 0 Å². The van der Waals surface area contributed by atoms with E-state index in [1.165, 1.54) is 0 Å². The summed E-state index contributed by atoms with van der Waals surface area (Å²) in [5.41, 5.74) is 0. The highest BCUT2D eigenvalue weighted by molar-refractivity contribution is 7.88. The van der Waals surface area contributed by atoms with E-state index in [4.69, 9.17) is 10.2 Å². The van der Waals surface area contributed by atoms with E-state index in [1.54, 1.807) is 0 Å². The third-order valence-corrected chi connectivity index (χ3v) is 4.16. The molecule has 2 N–H and O–H groups in total. The molecule has 9 heteroatoms. The first kappa shape index (κ1) is 19.4. The smallest absolute Gasteiger partial charge is 0.326 e. The molecule has 0 saturated carbocycles. The first-order chi connectivity index (χ1) is 9.70. The molecule has 21 heavy (non-hydrogen) atoms. The van der Waals surface area contributed by atoms with Crippen molar-refractivity contribution in [1.82, 2.24) is 0 Å². The van der Waals surface area contributed by atoms with Crippen LogP contribution in [0.15, 0.2) is 0 Å². The number of carbonyl (C=O) groups excluding carboxylic acids is 1. The molecule has 0 aromatic heterocycles. The Bertz CT molecular complexity index is 468. The molecule has 0 fully saturated rings. The summed E-state index contributed by atoms with van der Waals surface area (Å²) in [4.78, 5) is 32.6. The Morgan fingerprint density at radius 3 is 2.10 bits per heavy atom. The predicted molar refractivity (Wildman–Crippen MR) is 72.1 cm³/mol. The van der Waals surface area contributed by atoms with Crippen molar-refractivity contribution in [1.29, 1.82) is 0 Å². The maximum atomic E-state index is 11.6. The molecule has 0 saturated heterocycles. The summed E-state index contributed by atoms with van der Waals surface area (Å²) < 4.78 is 27.3. The number of rotatable bonds is 11. The van der Waals surface area contributed by atoms with E-state index in [-0.39, 0.29) is 6.42 Å². The number of carboxylic acid groups (broad SMARTS) is 2. The zero-order valence-electron chi connectivity index (χ0n) is 11.8. The van der Waals surface area contributed by atoms with E-state index in [1.807, 2.05) is 6.92 Å². The van der Waals surface area contributed by atoms with Gasteiger partial charge in [-0.15, -0.1) is 0 Å². The van der Waals surface area contributed by atoms with Crippen LogP contribution in [0.4, 0.5) is 0 Å². The summed E-state index contributed by atoms with van der Waals surface area (Å²) in [6, 6.07) is 0. The second-order valence-electron chi connectivity index (χ2n) is 4.54. The highest BCUT2D eigenvalue weighted by Crippen LogP contribution is 2.12. The lowest BCUT2D eigenvalue weighted by atomic mass is 10.1. The van der Waals surface area contributed by atoms with Gasteiger partial charge >= 0.3 is 28.0 Å². The van der Waals surface area contributed by atoms with Crippen molar-refractivity contribution in [3.05, 3.63) is 0 Å². The molecule has 0 aromatic carbocycles. The fourth-order valence-corrected chi connectivity index (χ4v) is 2.63. The summed E-state index contributed by atoms with van der Waals surface area (Å²) in [6.07, 6.45) is 2.80. The molecule has 0 aliphatic carbocycles. The molecular formula is C12H20O8S. The largest absolute Gasteiger partial charge is 0.481 e. The molecule has 8 nitrogen and oxygen atoms in total. The first-order valence-corrected chi connectivity index (χ1v) is 8.08. The van der Waals surface area contributed by atoms with Gasteiger partial charge < -0.3 is 14.4 Å². The third kappa shape index (κ3) is 8.28. The molecule has 0 radical (unpaired) electrons. The van der Waals surface area contributed by atoms with Crippen LogP contribution < -0.4 is 0 Å². The zero-order chi connectivity index (χ0) is 16.5. The van der Waals surface area contributed by atoms with E-state index < -0.39 is 39.7 Å². The van der Waals surface area contributed by atoms with Gasteiger partial charge in [-0.05, 0) is 6.42 Å². The molecule has 1 unspecified atom stereocenters. The van der Waals surface area contributed by atoms with E-state index in [0.29, 0.717) is 6.42 Å². The normalized spacial score (nSPS) is 12.6. The number of carbonyl (C=O) groups is 3.